The van der Waals surface area contributed by atoms with Crippen LogP contribution in [0, 0.1) is 19.7 Å². The summed E-state index contributed by atoms with van der Waals surface area (Å²) in [5.41, 5.74) is 3.96. The van der Waals surface area contributed by atoms with Gasteiger partial charge in [-0.15, -0.1) is 11.3 Å². The molecule has 16 heavy (non-hydrogen) atoms. The number of aliphatic hydroxyl groups excluding tert-OH is 1. The largest absolute Gasteiger partial charge is 0.383 e. The van der Waals surface area contributed by atoms with Crippen molar-refractivity contribution in [2.75, 3.05) is 0 Å². The van der Waals surface area contributed by atoms with Crippen LogP contribution in [0.4, 0.5) is 4.39 Å². The van der Waals surface area contributed by atoms with Crippen LogP contribution in [0.5, 0.6) is 0 Å². The number of nitrogens with zero attached hydrogens (tertiary/aromatic N) is 1. The molecule has 0 radical (unpaired) electrons. The third kappa shape index (κ3) is 1.99. The highest BCUT2D eigenvalue weighted by atomic mass is 32.1. The van der Waals surface area contributed by atoms with Crippen LogP contribution < -0.4 is 0 Å². The quantitative estimate of drug-likeness (QED) is 0.871. The smallest absolute Gasteiger partial charge is 0.123 e. The third-order valence-corrected chi connectivity index (χ3v) is 3.55. The van der Waals surface area contributed by atoms with Crippen LogP contribution in [0.15, 0.2) is 23.7 Å². The van der Waals surface area contributed by atoms with Crippen LogP contribution >= 0.6 is 11.3 Å². The molecular formula is C12H12FNOS. The standard InChI is InChI=1S/C12H12FNOS/c1-7-3-4-9(13)5-10(7)11(15)12-8(2)14-6-16-12/h3-6,11,15H,1-2H3. The maximum absolute atomic E-state index is 13.1. The van der Waals surface area contributed by atoms with Crippen LogP contribution in [0.25, 0.3) is 0 Å². The second kappa shape index (κ2) is 4.31. The van der Waals surface area contributed by atoms with E-state index < -0.39 is 6.10 Å². The van der Waals surface area contributed by atoms with Gasteiger partial charge < -0.3 is 5.11 Å². The lowest BCUT2D eigenvalue weighted by molar-refractivity contribution is 0.222. The summed E-state index contributed by atoms with van der Waals surface area (Å²) in [6.07, 6.45) is -0.789. The van der Waals surface area contributed by atoms with Crippen LogP contribution in [0.1, 0.15) is 27.8 Å². The molecule has 2 rings (SSSR count). The van der Waals surface area contributed by atoms with Gasteiger partial charge in [-0.1, -0.05) is 6.07 Å². The molecule has 1 atom stereocenters. The first-order chi connectivity index (χ1) is 7.59. The molecule has 0 fully saturated rings. The molecule has 0 saturated heterocycles. The average molecular weight is 237 g/mol. The molecule has 1 heterocycles. The number of aryl methyl sites for hydroxylation is 2. The van der Waals surface area contributed by atoms with Gasteiger partial charge in [0.1, 0.15) is 11.9 Å². The highest BCUT2D eigenvalue weighted by Gasteiger charge is 2.17. The van der Waals surface area contributed by atoms with Crippen molar-refractivity contribution in [1.29, 1.82) is 0 Å². The highest BCUT2D eigenvalue weighted by Crippen LogP contribution is 2.29. The van der Waals surface area contributed by atoms with E-state index in [2.05, 4.69) is 4.98 Å². The van der Waals surface area contributed by atoms with Crippen molar-refractivity contribution in [1.82, 2.24) is 4.98 Å². The Morgan fingerprint density at radius 3 is 2.75 bits per heavy atom. The topological polar surface area (TPSA) is 33.1 Å². The molecule has 84 valence electrons. The maximum atomic E-state index is 13.1. The molecule has 4 heteroatoms. The van der Waals surface area contributed by atoms with Crippen molar-refractivity contribution in [3.05, 3.63) is 51.2 Å². The van der Waals surface area contributed by atoms with Crippen LogP contribution in [0.2, 0.25) is 0 Å². The van der Waals surface area contributed by atoms with E-state index in [0.717, 1.165) is 16.1 Å². The van der Waals surface area contributed by atoms with E-state index >= 15 is 0 Å². The van der Waals surface area contributed by atoms with E-state index in [-0.39, 0.29) is 5.82 Å². The number of benzene rings is 1. The minimum Gasteiger partial charge on any atom is -0.383 e. The lowest BCUT2D eigenvalue weighted by Gasteiger charge is -2.12. The zero-order valence-electron chi connectivity index (χ0n) is 9.07. The van der Waals surface area contributed by atoms with E-state index in [1.165, 1.54) is 23.5 Å². The summed E-state index contributed by atoms with van der Waals surface area (Å²) >= 11 is 1.38. The third-order valence-electron chi connectivity index (χ3n) is 2.57. The normalized spacial score (nSPS) is 12.8. The molecule has 2 aromatic rings. The number of rotatable bonds is 2. The SMILES string of the molecule is Cc1ccc(F)cc1C(O)c1scnc1C. The van der Waals surface area contributed by atoms with Gasteiger partial charge in [0.25, 0.3) is 0 Å². The van der Waals surface area contributed by atoms with Crippen molar-refractivity contribution >= 4 is 11.3 Å². The fourth-order valence-electron chi connectivity index (χ4n) is 1.62. The second-order valence-corrected chi connectivity index (χ2v) is 4.59. The maximum Gasteiger partial charge on any atom is 0.123 e. The van der Waals surface area contributed by atoms with Gasteiger partial charge >= 0.3 is 0 Å². The summed E-state index contributed by atoms with van der Waals surface area (Å²) in [6, 6.07) is 4.44. The molecule has 0 bridgehead atoms. The highest BCUT2D eigenvalue weighted by molar-refractivity contribution is 7.09. The first kappa shape index (κ1) is 11.2. The average Bonchev–Trinajstić information content (AvgIpc) is 2.67. The summed E-state index contributed by atoms with van der Waals surface area (Å²) in [5.74, 6) is -0.332. The zero-order chi connectivity index (χ0) is 11.7. The summed E-state index contributed by atoms with van der Waals surface area (Å²) < 4.78 is 13.1. The Morgan fingerprint density at radius 2 is 2.12 bits per heavy atom. The van der Waals surface area contributed by atoms with Gasteiger partial charge in [-0.25, -0.2) is 9.37 Å². The van der Waals surface area contributed by atoms with Gasteiger partial charge in [0, 0.05) is 0 Å². The summed E-state index contributed by atoms with van der Waals surface area (Å²) in [6.45, 7) is 3.69. The molecule has 1 aromatic heterocycles. The molecule has 1 N–H and O–H groups in total. The number of aliphatic hydroxyl groups is 1. The molecule has 0 aliphatic rings. The number of halogens is 1. The predicted octanol–water partition coefficient (Wildman–Crippen LogP) is 2.98. The molecule has 0 saturated carbocycles. The first-order valence-electron chi connectivity index (χ1n) is 4.93. The number of aromatic nitrogens is 1. The summed E-state index contributed by atoms with van der Waals surface area (Å²) in [7, 11) is 0. The molecule has 0 aliphatic heterocycles. The molecule has 1 unspecified atom stereocenters. The van der Waals surface area contributed by atoms with Gasteiger partial charge in [-0.2, -0.15) is 0 Å². The van der Waals surface area contributed by atoms with Crippen LogP contribution in [-0.2, 0) is 0 Å². The van der Waals surface area contributed by atoms with Crippen molar-refractivity contribution in [3.8, 4) is 0 Å². The van der Waals surface area contributed by atoms with Crippen LogP contribution in [0.3, 0.4) is 0 Å². The van der Waals surface area contributed by atoms with Crippen molar-refractivity contribution < 1.29 is 9.50 Å². The lowest BCUT2D eigenvalue weighted by Crippen LogP contribution is -2.02. The molecular weight excluding hydrogens is 225 g/mol. The Balaban J connectivity index is 2.45. The van der Waals surface area contributed by atoms with Crippen molar-refractivity contribution in [2.24, 2.45) is 0 Å². The van der Waals surface area contributed by atoms with Gasteiger partial charge in [-0.3, -0.25) is 0 Å². The monoisotopic (exact) mass is 237 g/mol. The molecule has 0 amide bonds. The Kier molecular flexibility index (Phi) is 3.03. The fraction of sp³-hybridized carbons (Fsp3) is 0.250. The Labute approximate surface area is 97.4 Å². The first-order valence-corrected chi connectivity index (χ1v) is 5.81. The molecule has 0 aliphatic carbocycles. The fourth-order valence-corrected chi connectivity index (χ4v) is 2.42. The van der Waals surface area contributed by atoms with E-state index in [1.807, 2.05) is 13.8 Å². The van der Waals surface area contributed by atoms with Gasteiger partial charge in [0.2, 0.25) is 0 Å². The Hall–Kier alpha value is -1.26. The predicted molar refractivity (Wildman–Crippen MR) is 62.0 cm³/mol. The molecule has 0 spiro atoms. The Morgan fingerprint density at radius 1 is 1.38 bits per heavy atom. The van der Waals surface area contributed by atoms with Crippen molar-refractivity contribution in [2.45, 2.75) is 20.0 Å². The number of hydrogen-bond acceptors (Lipinski definition) is 3. The summed E-state index contributed by atoms with van der Waals surface area (Å²) in [5, 5.41) is 10.2. The van der Waals surface area contributed by atoms with Gasteiger partial charge in [-0.05, 0) is 37.1 Å². The number of hydrogen-bond donors (Lipinski definition) is 1. The van der Waals surface area contributed by atoms with Crippen LogP contribution in [-0.4, -0.2) is 10.1 Å². The minimum absolute atomic E-state index is 0.332. The lowest BCUT2D eigenvalue weighted by atomic mass is 10.0. The van der Waals surface area contributed by atoms with Gasteiger partial charge in [0.05, 0.1) is 16.1 Å². The van der Waals surface area contributed by atoms with E-state index in [1.54, 1.807) is 11.6 Å². The molecule has 2 nitrogen and oxygen atoms in total. The zero-order valence-corrected chi connectivity index (χ0v) is 9.88. The minimum atomic E-state index is -0.789. The van der Waals surface area contributed by atoms with E-state index in [0.29, 0.717) is 5.56 Å². The summed E-state index contributed by atoms with van der Waals surface area (Å²) in [4.78, 5) is 4.85. The number of thiazole rings is 1. The van der Waals surface area contributed by atoms with Gasteiger partial charge in [0.15, 0.2) is 0 Å². The Bertz CT molecular complexity index is 509. The second-order valence-electron chi connectivity index (χ2n) is 3.71. The van der Waals surface area contributed by atoms with Crippen molar-refractivity contribution in [3.63, 3.8) is 0 Å². The van der Waals surface area contributed by atoms with E-state index in [4.69, 9.17) is 0 Å². The van der Waals surface area contributed by atoms with E-state index in [9.17, 15) is 9.50 Å². The molecule has 1 aromatic carbocycles.